The molecule has 1 heterocycles. The third-order valence-electron chi connectivity index (χ3n) is 4.54. The highest BCUT2D eigenvalue weighted by molar-refractivity contribution is 8.00. The van der Waals surface area contributed by atoms with Gasteiger partial charge in [0.2, 0.25) is 5.91 Å². The maximum Gasteiger partial charge on any atom is 0.251 e. The minimum Gasteiger partial charge on any atom is -0.351 e. The van der Waals surface area contributed by atoms with Crippen molar-refractivity contribution in [1.82, 2.24) is 15.1 Å². The molecule has 2 aromatic carbocycles. The van der Waals surface area contributed by atoms with Crippen LogP contribution in [0, 0.1) is 0 Å². The molecule has 2 amide bonds. The number of rotatable bonds is 7. The Labute approximate surface area is 175 Å². The minimum absolute atomic E-state index is 0.0472. The van der Waals surface area contributed by atoms with Crippen LogP contribution < -0.4 is 5.32 Å². The van der Waals surface area contributed by atoms with Gasteiger partial charge in [-0.3, -0.25) is 9.59 Å². The quantitative estimate of drug-likeness (QED) is 0.750. The molecule has 0 saturated carbocycles. The van der Waals surface area contributed by atoms with Gasteiger partial charge in [-0.15, -0.1) is 11.8 Å². The van der Waals surface area contributed by atoms with Gasteiger partial charge >= 0.3 is 0 Å². The molecule has 1 N–H and O–H groups in total. The number of amides is 2. The Morgan fingerprint density at radius 3 is 2.50 bits per heavy atom. The monoisotopic (exact) mass is 417 g/mol. The average molecular weight is 418 g/mol. The van der Waals surface area contributed by atoms with Gasteiger partial charge in [-0.1, -0.05) is 35.9 Å². The summed E-state index contributed by atoms with van der Waals surface area (Å²) in [6.07, 6.45) is 0. The highest BCUT2D eigenvalue weighted by atomic mass is 35.5. The Bertz CT molecular complexity index is 825. The molecule has 1 fully saturated rings. The van der Waals surface area contributed by atoms with Gasteiger partial charge < -0.3 is 15.1 Å². The molecule has 148 valence electrons. The van der Waals surface area contributed by atoms with E-state index in [0.29, 0.717) is 29.4 Å². The number of nitrogens with one attached hydrogen (secondary N) is 1. The maximum atomic E-state index is 12.4. The fourth-order valence-electron chi connectivity index (χ4n) is 2.98. The van der Waals surface area contributed by atoms with E-state index < -0.39 is 0 Å². The Kier molecular flexibility index (Phi) is 6.99. The Hall–Kier alpha value is -2.02. The zero-order valence-corrected chi connectivity index (χ0v) is 17.6. The molecule has 3 rings (SSSR count). The molecule has 0 aliphatic carbocycles. The smallest absolute Gasteiger partial charge is 0.251 e. The van der Waals surface area contributed by atoms with Crippen LogP contribution in [0.4, 0.5) is 0 Å². The predicted molar refractivity (Wildman–Crippen MR) is 115 cm³/mol. The van der Waals surface area contributed by atoms with Gasteiger partial charge in [-0.05, 0) is 49.5 Å². The third kappa shape index (κ3) is 5.28. The lowest BCUT2D eigenvalue weighted by atomic mass is 10.1. The standard InChI is InChI=1S/C21H24ClN3O2S/c1-24(2)12-11-23-20(27)16-5-7-17(8-6-16)21-25(19(26)14-28-21)13-15-3-9-18(22)10-4-15/h3-10,21H,11-14H2,1-2H3,(H,23,27)/t21-/m0/s1. The van der Waals surface area contributed by atoms with E-state index in [1.165, 1.54) is 0 Å². The topological polar surface area (TPSA) is 52.7 Å². The van der Waals surface area contributed by atoms with Gasteiger partial charge in [0.25, 0.3) is 5.91 Å². The summed E-state index contributed by atoms with van der Waals surface area (Å²) >= 11 is 7.56. The van der Waals surface area contributed by atoms with Crippen molar-refractivity contribution in [2.75, 3.05) is 32.9 Å². The van der Waals surface area contributed by atoms with E-state index >= 15 is 0 Å². The fraction of sp³-hybridized carbons (Fsp3) is 0.333. The Balaban J connectivity index is 1.66. The highest BCUT2D eigenvalue weighted by Gasteiger charge is 2.32. The summed E-state index contributed by atoms with van der Waals surface area (Å²) < 4.78 is 0. The molecular formula is C21H24ClN3O2S. The first-order valence-electron chi connectivity index (χ1n) is 9.12. The van der Waals surface area contributed by atoms with E-state index in [1.54, 1.807) is 11.8 Å². The van der Waals surface area contributed by atoms with E-state index in [0.717, 1.165) is 17.7 Å². The summed E-state index contributed by atoms with van der Waals surface area (Å²) in [5, 5.41) is 3.55. The van der Waals surface area contributed by atoms with Crippen molar-refractivity contribution in [2.45, 2.75) is 11.9 Å². The number of carbonyl (C=O) groups is 2. The molecule has 7 heteroatoms. The molecule has 0 radical (unpaired) electrons. The first-order valence-corrected chi connectivity index (χ1v) is 10.5. The third-order valence-corrected chi connectivity index (χ3v) is 6.04. The largest absolute Gasteiger partial charge is 0.351 e. The maximum absolute atomic E-state index is 12.4. The molecule has 0 bridgehead atoms. The molecule has 2 aromatic rings. The van der Waals surface area contributed by atoms with E-state index in [4.69, 9.17) is 11.6 Å². The summed E-state index contributed by atoms with van der Waals surface area (Å²) in [6, 6.07) is 15.1. The van der Waals surface area contributed by atoms with Gasteiger partial charge in [0.1, 0.15) is 5.37 Å². The predicted octanol–water partition coefficient (Wildman–Crippen LogP) is 3.41. The molecular weight excluding hydrogens is 394 g/mol. The summed E-state index contributed by atoms with van der Waals surface area (Å²) in [4.78, 5) is 28.5. The number of nitrogens with zero attached hydrogens (tertiary/aromatic N) is 2. The normalized spacial score (nSPS) is 16.6. The van der Waals surface area contributed by atoms with E-state index in [-0.39, 0.29) is 17.2 Å². The van der Waals surface area contributed by atoms with E-state index in [2.05, 4.69) is 5.32 Å². The van der Waals surface area contributed by atoms with Crippen LogP contribution in [0.25, 0.3) is 0 Å². The molecule has 0 unspecified atom stereocenters. The molecule has 1 atom stereocenters. The number of benzene rings is 2. The second kappa shape index (κ2) is 9.45. The fourth-order valence-corrected chi connectivity index (χ4v) is 4.30. The van der Waals surface area contributed by atoms with Crippen LogP contribution in [-0.2, 0) is 11.3 Å². The van der Waals surface area contributed by atoms with Crippen LogP contribution in [0.2, 0.25) is 5.02 Å². The van der Waals surface area contributed by atoms with Crippen LogP contribution in [0.1, 0.15) is 26.9 Å². The molecule has 28 heavy (non-hydrogen) atoms. The number of carbonyl (C=O) groups excluding carboxylic acids is 2. The van der Waals surface area contributed by atoms with Crippen molar-refractivity contribution >= 4 is 35.2 Å². The van der Waals surface area contributed by atoms with Crippen molar-refractivity contribution in [1.29, 1.82) is 0 Å². The van der Waals surface area contributed by atoms with Crippen LogP contribution in [0.15, 0.2) is 48.5 Å². The number of likely N-dealkylation sites (N-methyl/N-ethyl adjacent to an activating group) is 1. The summed E-state index contributed by atoms with van der Waals surface area (Å²) in [6.45, 7) is 1.94. The zero-order valence-electron chi connectivity index (χ0n) is 16.0. The average Bonchev–Trinajstić information content (AvgIpc) is 3.04. The number of hydrogen-bond acceptors (Lipinski definition) is 4. The zero-order chi connectivity index (χ0) is 20.1. The Morgan fingerprint density at radius 1 is 1.18 bits per heavy atom. The second-order valence-corrected chi connectivity index (χ2v) is 8.50. The van der Waals surface area contributed by atoms with Crippen molar-refractivity contribution in [3.63, 3.8) is 0 Å². The molecule has 1 aliphatic rings. The number of halogens is 1. The number of hydrogen-bond donors (Lipinski definition) is 1. The lowest BCUT2D eigenvalue weighted by molar-refractivity contribution is -0.128. The summed E-state index contributed by atoms with van der Waals surface area (Å²) in [5.74, 6) is 0.502. The van der Waals surface area contributed by atoms with Gasteiger partial charge in [0.15, 0.2) is 0 Å². The summed E-state index contributed by atoms with van der Waals surface area (Å²) in [5.41, 5.74) is 2.69. The summed E-state index contributed by atoms with van der Waals surface area (Å²) in [7, 11) is 3.94. The van der Waals surface area contributed by atoms with Crippen molar-refractivity contribution < 1.29 is 9.59 Å². The molecule has 1 saturated heterocycles. The van der Waals surface area contributed by atoms with Crippen LogP contribution >= 0.6 is 23.4 Å². The van der Waals surface area contributed by atoms with Crippen LogP contribution in [-0.4, -0.2) is 54.6 Å². The molecule has 0 aromatic heterocycles. The van der Waals surface area contributed by atoms with Gasteiger partial charge in [-0.25, -0.2) is 0 Å². The lowest BCUT2D eigenvalue weighted by Gasteiger charge is -2.24. The van der Waals surface area contributed by atoms with Gasteiger partial charge in [-0.2, -0.15) is 0 Å². The SMILES string of the molecule is CN(C)CCNC(=O)c1ccc([C@@H]2SCC(=O)N2Cc2ccc(Cl)cc2)cc1. The molecule has 5 nitrogen and oxygen atoms in total. The number of thioether (sulfide) groups is 1. The van der Waals surface area contributed by atoms with Gasteiger partial charge in [0.05, 0.1) is 5.75 Å². The van der Waals surface area contributed by atoms with E-state index in [9.17, 15) is 9.59 Å². The lowest BCUT2D eigenvalue weighted by Crippen LogP contribution is -2.31. The first-order chi connectivity index (χ1) is 13.4. The highest BCUT2D eigenvalue weighted by Crippen LogP contribution is 2.39. The van der Waals surface area contributed by atoms with Gasteiger partial charge in [0, 0.05) is 30.2 Å². The van der Waals surface area contributed by atoms with Crippen LogP contribution in [0.5, 0.6) is 0 Å². The van der Waals surface area contributed by atoms with E-state index in [1.807, 2.05) is 72.4 Å². The molecule has 1 aliphatic heterocycles. The second-order valence-electron chi connectivity index (χ2n) is 6.99. The Morgan fingerprint density at radius 2 is 1.86 bits per heavy atom. The van der Waals surface area contributed by atoms with Crippen molar-refractivity contribution in [2.24, 2.45) is 0 Å². The first kappa shape index (κ1) is 20.7. The van der Waals surface area contributed by atoms with Crippen molar-refractivity contribution in [3.8, 4) is 0 Å². The van der Waals surface area contributed by atoms with Crippen LogP contribution in [0.3, 0.4) is 0 Å². The minimum atomic E-state index is -0.0819. The molecule has 0 spiro atoms. The van der Waals surface area contributed by atoms with Crippen molar-refractivity contribution in [3.05, 3.63) is 70.2 Å².